The second-order valence-electron chi connectivity index (χ2n) is 2.61. The fraction of sp³-hybridized carbons (Fsp3) is 0.200. The standard InChI is InChI=1S/C10H7Cl2NO2/c1-2-15-10(14)9-6(5-13)7(11)3-4-8(9)12/h3-4H,2H2,1H3. The molecule has 5 heteroatoms. The summed E-state index contributed by atoms with van der Waals surface area (Å²) in [5.74, 6) is -0.637. The normalized spacial score (nSPS) is 9.47. The van der Waals surface area contributed by atoms with Crippen molar-refractivity contribution in [2.24, 2.45) is 0 Å². The Balaban J connectivity index is 3.33. The van der Waals surface area contributed by atoms with Crippen LogP contribution in [-0.2, 0) is 4.74 Å². The molecule has 0 N–H and O–H groups in total. The molecule has 0 atom stereocenters. The Morgan fingerprint density at radius 1 is 1.47 bits per heavy atom. The zero-order chi connectivity index (χ0) is 11.4. The number of ether oxygens (including phenoxy) is 1. The molecule has 0 amide bonds. The number of hydrogen-bond acceptors (Lipinski definition) is 3. The van der Waals surface area contributed by atoms with Gasteiger partial charge in [0.05, 0.1) is 27.8 Å². The number of carbonyl (C=O) groups excluding carboxylic acids is 1. The third kappa shape index (κ3) is 2.41. The number of halogens is 2. The number of rotatable bonds is 2. The molecule has 0 aliphatic heterocycles. The van der Waals surface area contributed by atoms with Crippen molar-refractivity contribution < 1.29 is 9.53 Å². The summed E-state index contributed by atoms with van der Waals surface area (Å²) in [5.41, 5.74) is 0.0659. The van der Waals surface area contributed by atoms with E-state index < -0.39 is 5.97 Å². The van der Waals surface area contributed by atoms with Gasteiger partial charge in [-0.25, -0.2) is 4.79 Å². The fourth-order valence-corrected chi connectivity index (χ4v) is 1.50. The smallest absolute Gasteiger partial charge is 0.341 e. The number of carbonyl (C=O) groups is 1. The van der Waals surface area contributed by atoms with Crippen LogP contribution in [-0.4, -0.2) is 12.6 Å². The van der Waals surface area contributed by atoms with Crippen LogP contribution in [0.25, 0.3) is 0 Å². The molecule has 15 heavy (non-hydrogen) atoms. The molecule has 1 rings (SSSR count). The first-order valence-corrected chi connectivity index (χ1v) is 4.92. The number of benzene rings is 1. The maximum absolute atomic E-state index is 11.5. The molecule has 0 saturated heterocycles. The van der Waals surface area contributed by atoms with Crippen LogP contribution in [0, 0.1) is 11.3 Å². The molecule has 0 spiro atoms. The third-order valence-corrected chi connectivity index (χ3v) is 2.32. The minimum atomic E-state index is -0.637. The van der Waals surface area contributed by atoms with E-state index >= 15 is 0 Å². The zero-order valence-electron chi connectivity index (χ0n) is 7.88. The summed E-state index contributed by atoms with van der Waals surface area (Å²) >= 11 is 11.6. The molecule has 3 nitrogen and oxygen atoms in total. The van der Waals surface area contributed by atoms with Gasteiger partial charge in [0.15, 0.2) is 0 Å². The number of nitriles is 1. The van der Waals surface area contributed by atoms with E-state index in [-0.39, 0.29) is 27.8 Å². The zero-order valence-corrected chi connectivity index (χ0v) is 9.39. The van der Waals surface area contributed by atoms with Gasteiger partial charge in [0.25, 0.3) is 0 Å². The Morgan fingerprint density at radius 3 is 2.60 bits per heavy atom. The molecule has 0 saturated carbocycles. The summed E-state index contributed by atoms with van der Waals surface area (Å²) in [4.78, 5) is 11.5. The molecular formula is C10H7Cl2NO2. The van der Waals surface area contributed by atoms with E-state index in [1.165, 1.54) is 12.1 Å². The van der Waals surface area contributed by atoms with Crippen LogP contribution in [0.5, 0.6) is 0 Å². The van der Waals surface area contributed by atoms with Crippen LogP contribution in [0.15, 0.2) is 12.1 Å². The second kappa shape index (κ2) is 5.01. The highest BCUT2D eigenvalue weighted by Crippen LogP contribution is 2.26. The topological polar surface area (TPSA) is 50.1 Å². The van der Waals surface area contributed by atoms with E-state index in [4.69, 9.17) is 33.2 Å². The molecule has 0 bridgehead atoms. The summed E-state index contributed by atoms with van der Waals surface area (Å²) in [5, 5.41) is 9.19. The summed E-state index contributed by atoms with van der Waals surface area (Å²) in [7, 11) is 0. The van der Waals surface area contributed by atoms with Gasteiger partial charge in [-0.15, -0.1) is 0 Å². The van der Waals surface area contributed by atoms with Crippen LogP contribution in [0.3, 0.4) is 0 Å². The van der Waals surface area contributed by atoms with E-state index in [0.29, 0.717) is 0 Å². The first-order chi connectivity index (χ1) is 7.11. The average Bonchev–Trinajstić information content (AvgIpc) is 2.21. The predicted octanol–water partition coefficient (Wildman–Crippen LogP) is 3.04. The molecule has 0 aliphatic carbocycles. The highest BCUT2D eigenvalue weighted by Gasteiger charge is 2.19. The van der Waals surface area contributed by atoms with Crippen molar-refractivity contribution in [3.05, 3.63) is 33.3 Å². The average molecular weight is 244 g/mol. The quantitative estimate of drug-likeness (QED) is 0.751. The van der Waals surface area contributed by atoms with Crippen LogP contribution in [0.4, 0.5) is 0 Å². The molecular weight excluding hydrogens is 237 g/mol. The summed E-state index contributed by atoms with van der Waals surface area (Å²) < 4.78 is 4.77. The first-order valence-electron chi connectivity index (χ1n) is 4.17. The number of esters is 1. The van der Waals surface area contributed by atoms with E-state index in [1.54, 1.807) is 6.92 Å². The van der Waals surface area contributed by atoms with Gasteiger partial charge in [-0.2, -0.15) is 5.26 Å². The third-order valence-electron chi connectivity index (χ3n) is 1.70. The Bertz CT molecular complexity index is 438. The minimum absolute atomic E-state index is 0.0218. The van der Waals surface area contributed by atoms with Gasteiger partial charge in [0, 0.05) is 0 Å². The summed E-state index contributed by atoms with van der Waals surface area (Å²) in [6.07, 6.45) is 0. The second-order valence-corrected chi connectivity index (χ2v) is 3.43. The summed E-state index contributed by atoms with van der Waals surface area (Å²) in [6, 6.07) is 4.75. The lowest BCUT2D eigenvalue weighted by molar-refractivity contribution is 0.0526. The molecule has 1 aromatic carbocycles. The van der Waals surface area contributed by atoms with Crippen LogP contribution in [0.2, 0.25) is 10.0 Å². The molecule has 0 heterocycles. The van der Waals surface area contributed by atoms with E-state index in [1.807, 2.05) is 6.07 Å². The molecule has 1 aromatic rings. The van der Waals surface area contributed by atoms with Crippen molar-refractivity contribution in [1.29, 1.82) is 5.26 Å². The Hall–Kier alpha value is -1.24. The lowest BCUT2D eigenvalue weighted by Gasteiger charge is -2.06. The van der Waals surface area contributed by atoms with Crippen LogP contribution < -0.4 is 0 Å². The Kier molecular flexibility index (Phi) is 3.96. The van der Waals surface area contributed by atoms with Crippen molar-refractivity contribution in [3.63, 3.8) is 0 Å². The fourth-order valence-electron chi connectivity index (χ4n) is 1.06. The highest BCUT2D eigenvalue weighted by atomic mass is 35.5. The lowest BCUT2D eigenvalue weighted by atomic mass is 10.1. The van der Waals surface area contributed by atoms with E-state index in [9.17, 15) is 4.79 Å². The maximum Gasteiger partial charge on any atom is 0.341 e. The van der Waals surface area contributed by atoms with E-state index in [2.05, 4.69) is 0 Å². The minimum Gasteiger partial charge on any atom is -0.462 e. The van der Waals surface area contributed by atoms with Crippen LogP contribution in [0.1, 0.15) is 22.8 Å². The van der Waals surface area contributed by atoms with Crippen molar-refractivity contribution in [2.75, 3.05) is 6.61 Å². The van der Waals surface area contributed by atoms with Gasteiger partial charge in [0.1, 0.15) is 6.07 Å². The lowest BCUT2D eigenvalue weighted by Crippen LogP contribution is -2.08. The SMILES string of the molecule is CCOC(=O)c1c(Cl)ccc(Cl)c1C#N. The largest absolute Gasteiger partial charge is 0.462 e. The van der Waals surface area contributed by atoms with Gasteiger partial charge < -0.3 is 4.74 Å². The molecule has 0 radical (unpaired) electrons. The molecule has 0 fully saturated rings. The maximum atomic E-state index is 11.5. The van der Waals surface area contributed by atoms with Gasteiger partial charge >= 0.3 is 5.97 Å². The monoisotopic (exact) mass is 243 g/mol. The molecule has 0 unspecified atom stereocenters. The van der Waals surface area contributed by atoms with Crippen molar-refractivity contribution in [2.45, 2.75) is 6.92 Å². The molecule has 78 valence electrons. The van der Waals surface area contributed by atoms with Gasteiger partial charge in [-0.05, 0) is 19.1 Å². The van der Waals surface area contributed by atoms with Gasteiger partial charge in [-0.1, -0.05) is 23.2 Å². The molecule has 0 aliphatic rings. The highest BCUT2D eigenvalue weighted by molar-refractivity contribution is 6.36. The Morgan fingerprint density at radius 2 is 2.07 bits per heavy atom. The van der Waals surface area contributed by atoms with Crippen LogP contribution >= 0.6 is 23.2 Å². The number of hydrogen-bond donors (Lipinski definition) is 0. The summed E-state index contributed by atoms with van der Waals surface area (Å²) in [6.45, 7) is 1.88. The van der Waals surface area contributed by atoms with Crippen molar-refractivity contribution in [3.8, 4) is 6.07 Å². The first kappa shape index (κ1) is 11.8. The van der Waals surface area contributed by atoms with Crippen molar-refractivity contribution in [1.82, 2.24) is 0 Å². The molecule has 0 aromatic heterocycles. The van der Waals surface area contributed by atoms with E-state index in [0.717, 1.165) is 0 Å². The number of nitrogens with zero attached hydrogens (tertiary/aromatic N) is 1. The Labute approximate surface area is 97.2 Å². The predicted molar refractivity (Wildman–Crippen MR) is 57.1 cm³/mol. The van der Waals surface area contributed by atoms with Gasteiger partial charge in [0.2, 0.25) is 0 Å². The van der Waals surface area contributed by atoms with Crippen molar-refractivity contribution >= 4 is 29.2 Å². The van der Waals surface area contributed by atoms with Gasteiger partial charge in [-0.3, -0.25) is 0 Å².